The molecule has 2 heterocycles. The van der Waals surface area contributed by atoms with E-state index in [0.29, 0.717) is 28.4 Å². The summed E-state index contributed by atoms with van der Waals surface area (Å²) in [5.74, 6) is 0.0246. The van der Waals surface area contributed by atoms with Crippen LogP contribution in [-0.2, 0) is 0 Å². The molecule has 1 aromatic heterocycles. The maximum Gasteiger partial charge on any atom is 0.267 e. The molecule has 0 atom stereocenters. The van der Waals surface area contributed by atoms with Gasteiger partial charge < -0.3 is 20.7 Å². The summed E-state index contributed by atoms with van der Waals surface area (Å²) in [7, 11) is 0. The number of hydrogen-bond acceptors (Lipinski definition) is 6. The molecule has 0 spiro atoms. The van der Waals surface area contributed by atoms with Crippen molar-refractivity contribution >= 4 is 34.5 Å². The first-order chi connectivity index (χ1) is 16.0. The predicted molar refractivity (Wildman–Crippen MR) is 132 cm³/mol. The van der Waals surface area contributed by atoms with E-state index in [1.165, 1.54) is 17.8 Å². The number of piperidine rings is 1. The van der Waals surface area contributed by atoms with E-state index < -0.39 is 5.91 Å². The van der Waals surface area contributed by atoms with Crippen molar-refractivity contribution in [1.82, 2.24) is 4.98 Å². The molecule has 0 aliphatic carbocycles. The Bertz CT molecular complexity index is 1150. The Hall–Kier alpha value is -3.39. The van der Waals surface area contributed by atoms with Gasteiger partial charge in [0.15, 0.2) is 0 Å². The summed E-state index contributed by atoms with van der Waals surface area (Å²) in [5, 5.41) is 3.78. The van der Waals surface area contributed by atoms with Crippen LogP contribution in [0.15, 0.2) is 42.5 Å². The minimum Gasteiger partial charge on any atom is -0.494 e. The quantitative estimate of drug-likeness (QED) is 0.520. The molecule has 8 heteroatoms. The van der Waals surface area contributed by atoms with Gasteiger partial charge in [0.25, 0.3) is 5.91 Å². The molecule has 1 aliphatic heterocycles. The van der Waals surface area contributed by atoms with Crippen molar-refractivity contribution < 1.29 is 14.3 Å². The summed E-state index contributed by atoms with van der Waals surface area (Å²) in [6.45, 7) is 6.21. The van der Waals surface area contributed by atoms with Crippen LogP contribution in [-0.4, -0.2) is 36.5 Å². The molecule has 1 fully saturated rings. The van der Waals surface area contributed by atoms with E-state index in [0.717, 1.165) is 47.9 Å². The second kappa shape index (κ2) is 10.0. The van der Waals surface area contributed by atoms with Crippen LogP contribution in [0.25, 0.3) is 10.6 Å². The fourth-order valence-corrected chi connectivity index (χ4v) is 4.94. The summed E-state index contributed by atoms with van der Waals surface area (Å²) in [6, 6.07) is 12.9. The van der Waals surface area contributed by atoms with Gasteiger partial charge in [-0.15, -0.1) is 11.3 Å². The van der Waals surface area contributed by atoms with Crippen molar-refractivity contribution in [3.63, 3.8) is 0 Å². The highest BCUT2D eigenvalue weighted by Crippen LogP contribution is 2.33. The third-order valence-electron chi connectivity index (χ3n) is 5.64. The lowest BCUT2D eigenvalue weighted by Gasteiger charge is -2.30. The van der Waals surface area contributed by atoms with Gasteiger partial charge in [0.1, 0.15) is 15.6 Å². The van der Waals surface area contributed by atoms with Gasteiger partial charge in [0.05, 0.1) is 23.7 Å². The number of nitrogens with one attached hydrogen (secondary N) is 1. The van der Waals surface area contributed by atoms with E-state index in [-0.39, 0.29) is 5.91 Å². The highest BCUT2D eigenvalue weighted by atomic mass is 32.1. The van der Waals surface area contributed by atoms with Gasteiger partial charge in [-0.1, -0.05) is 0 Å². The van der Waals surface area contributed by atoms with Crippen molar-refractivity contribution in [3.8, 4) is 16.3 Å². The lowest BCUT2D eigenvalue weighted by Crippen LogP contribution is -2.30. The van der Waals surface area contributed by atoms with Crippen molar-refractivity contribution in [3.05, 3.63) is 58.6 Å². The first-order valence-corrected chi connectivity index (χ1v) is 12.0. The predicted octanol–water partition coefficient (Wildman–Crippen LogP) is 4.86. The smallest absolute Gasteiger partial charge is 0.267 e. The first-order valence-electron chi connectivity index (χ1n) is 11.2. The first kappa shape index (κ1) is 22.8. The Balaban J connectivity index is 1.60. The Kier molecular flexibility index (Phi) is 6.93. The van der Waals surface area contributed by atoms with Gasteiger partial charge in [-0.2, -0.15) is 0 Å². The van der Waals surface area contributed by atoms with E-state index in [1.807, 2.05) is 44.2 Å². The molecule has 2 aromatic carbocycles. The third kappa shape index (κ3) is 5.17. The van der Waals surface area contributed by atoms with Gasteiger partial charge >= 0.3 is 0 Å². The van der Waals surface area contributed by atoms with Crippen molar-refractivity contribution in [2.45, 2.75) is 33.1 Å². The second-order valence-corrected chi connectivity index (χ2v) is 8.99. The number of carbonyl (C=O) groups is 2. The molecule has 1 saturated heterocycles. The van der Waals surface area contributed by atoms with Crippen LogP contribution >= 0.6 is 11.3 Å². The zero-order chi connectivity index (χ0) is 23.4. The topological polar surface area (TPSA) is 97.5 Å². The standard InChI is InChI=1S/C25H28N4O3S/c1-3-32-19-10-7-17(8-11-19)25-27-16(2)22(33-25)24(31)28-20-15-18(23(26)30)9-12-21(20)29-13-5-4-6-14-29/h7-12,15H,3-6,13-14H2,1-2H3,(H2,26,30)(H,28,31). The molecule has 0 saturated carbocycles. The van der Waals surface area contributed by atoms with E-state index in [9.17, 15) is 9.59 Å². The highest BCUT2D eigenvalue weighted by Gasteiger charge is 2.21. The molecular formula is C25H28N4O3S. The number of anilines is 2. The van der Waals surface area contributed by atoms with Gasteiger partial charge in [-0.25, -0.2) is 4.98 Å². The molecule has 3 N–H and O–H groups in total. The van der Waals surface area contributed by atoms with Crippen LogP contribution in [0, 0.1) is 6.92 Å². The zero-order valence-corrected chi connectivity index (χ0v) is 19.7. The fraction of sp³-hybridized carbons (Fsp3) is 0.320. The van der Waals surface area contributed by atoms with Crippen molar-refractivity contribution in [2.75, 3.05) is 29.9 Å². The number of benzene rings is 2. The molecule has 0 bridgehead atoms. The van der Waals surface area contributed by atoms with E-state index in [1.54, 1.807) is 12.1 Å². The van der Waals surface area contributed by atoms with Gasteiger partial charge in [-0.3, -0.25) is 9.59 Å². The summed E-state index contributed by atoms with van der Waals surface area (Å²) in [5.41, 5.74) is 8.94. The Morgan fingerprint density at radius 1 is 1.12 bits per heavy atom. The molecule has 1 aliphatic rings. The molecule has 4 rings (SSSR count). The molecule has 33 heavy (non-hydrogen) atoms. The number of aryl methyl sites for hydroxylation is 1. The number of carbonyl (C=O) groups excluding carboxylic acids is 2. The summed E-state index contributed by atoms with van der Waals surface area (Å²) in [4.78, 5) is 32.4. The number of nitrogens with two attached hydrogens (primary N) is 1. The van der Waals surface area contributed by atoms with Crippen LogP contribution in [0.2, 0.25) is 0 Å². The SMILES string of the molecule is CCOc1ccc(-c2nc(C)c(C(=O)Nc3cc(C(N)=O)ccc3N3CCCCC3)s2)cc1. The minimum atomic E-state index is -0.526. The third-order valence-corrected chi connectivity index (χ3v) is 6.85. The highest BCUT2D eigenvalue weighted by molar-refractivity contribution is 7.17. The number of thiazole rings is 1. The van der Waals surface area contributed by atoms with Crippen LogP contribution in [0.3, 0.4) is 0 Å². The van der Waals surface area contributed by atoms with Crippen molar-refractivity contribution in [1.29, 1.82) is 0 Å². The maximum atomic E-state index is 13.2. The van der Waals surface area contributed by atoms with Gasteiger partial charge in [0.2, 0.25) is 5.91 Å². The maximum absolute atomic E-state index is 13.2. The van der Waals surface area contributed by atoms with E-state index in [2.05, 4.69) is 15.2 Å². The number of hydrogen-bond donors (Lipinski definition) is 2. The summed E-state index contributed by atoms with van der Waals surface area (Å²) < 4.78 is 5.50. The van der Waals surface area contributed by atoms with E-state index in [4.69, 9.17) is 10.5 Å². The molecular weight excluding hydrogens is 436 g/mol. The van der Waals surface area contributed by atoms with Crippen LogP contribution in [0.5, 0.6) is 5.75 Å². The number of aromatic nitrogens is 1. The lowest BCUT2D eigenvalue weighted by molar-refractivity contribution is 0.0996. The molecule has 0 unspecified atom stereocenters. The lowest BCUT2D eigenvalue weighted by atomic mass is 10.1. The average Bonchev–Trinajstić information content (AvgIpc) is 3.22. The number of amides is 2. The zero-order valence-electron chi connectivity index (χ0n) is 18.9. The van der Waals surface area contributed by atoms with Crippen molar-refractivity contribution in [2.24, 2.45) is 5.73 Å². The molecule has 7 nitrogen and oxygen atoms in total. The monoisotopic (exact) mass is 464 g/mol. The number of ether oxygens (including phenoxy) is 1. The minimum absolute atomic E-state index is 0.248. The summed E-state index contributed by atoms with van der Waals surface area (Å²) in [6.07, 6.45) is 3.40. The fourth-order valence-electron chi connectivity index (χ4n) is 3.97. The van der Waals surface area contributed by atoms with Gasteiger partial charge in [0, 0.05) is 24.2 Å². The molecule has 172 valence electrons. The van der Waals surface area contributed by atoms with E-state index >= 15 is 0 Å². The Labute approximate surface area is 197 Å². The average molecular weight is 465 g/mol. The summed E-state index contributed by atoms with van der Waals surface area (Å²) >= 11 is 1.34. The second-order valence-electron chi connectivity index (χ2n) is 7.99. The van der Waals surface area contributed by atoms with Crippen LogP contribution in [0.4, 0.5) is 11.4 Å². The number of rotatable bonds is 7. The number of primary amides is 1. The Morgan fingerprint density at radius 3 is 2.52 bits per heavy atom. The normalized spacial score (nSPS) is 13.6. The van der Waals surface area contributed by atoms with Gasteiger partial charge in [-0.05, 0) is 75.6 Å². The molecule has 2 amide bonds. The Morgan fingerprint density at radius 2 is 1.85 bits per heavy atom. The molecule has 0 radical (unpaired) electrons. The largest absolute Gasteiger partial charge is 0.494 e. The van der Waals surface area contributed by atoms with Crippen LogP contribution < -0.4 is 20.7 Å². The molecule has 3 aromatic rings. The van der Waals surface area contributed by atoms with Crippen LogP contribution in [0.1, 0.15) is 51.9 Å². The number of nitrogens with zero attached hydrogens (tertiary/aromatic N) is 2.